The SMILES string of the molecule is Cn1cncc1S(=O)(=O)Oc1ccc2c(c1)CCCC2. The van der Waals surface area contributed by atoms with E-state index in [-0.39, 0.29) is 5.03 Å². The average Bonchev–Trinajstić information content (AvgIpc) is 2.85. The van der Waals surface area contributed by atoms with Gasteiger partial charge in [0.2, 0.25) is 0 Å². The summed E-state index contributed by atoms with van der Waals surface area (Å²) in [6.07, 6.45) is 7.10. The molecule has 5 nitrogen and oxygen atoms in total. The van der Waals surface area contributed by atoms with Crippen LogP contribution in [0.4, 0.5) is 0 Å². The summed E-state index contributed by atoms with van der Waals surface area (Å²) in [6, 6.07) is 5.52. The maximum absolute atomic E-state index is 12.2. The molecule has 1 aliphatic rings. The molecule has 106 valence electrons. The van der Waals surface area contributed by atoms with Gasteiger partial charge in [-0.2, -0.15) is 8.42 Å². The molecule has 0 amide bonds. The van der Waals surface area contributed by atoms with Crippen molar-refractivity contribution in [3.63, 3.8) is 0 Å². The Labute approximate surface area is 118 Å². The number of aromatic nitrogens is 2. The highest BCUT2D eigenvalue weighted by molar-refractivity contribution is 7.87. The van der Waals surface area contributed by atoms with Crippen LogP contribution in [0.3, 0.4) is 0 Å². The first kappa shape index (κ1) is 13.2. The van der Waals surface area contributed by atoms with E-state index in [2.05, 4.69) is 4.98 Å². The van der Waals surface area contributed by atoms with Crippen molar-refractivity contribution in [3.05, 3.63) is 41.9 Å². The van der Waals surface area contributed by atoms with Crippen LogP contribution in [0.2, 0.25) is 0 Å². The second-order valence-electron chi connectivity index (χ2n) is 5.02. The molecule has 2 aromatic rings. The van der Waals surface area contributed by atoms with Gasteiger partial charge in [-0.25, -0.2) is 4.98 Å². The Kier molecular flexibility index (Phi) is 3.25. The van der Waals surface area contributed by atoms with Gasteiger partial charge in [-0.05, 0) is 48.9 Å². The largest absolute Gasteiger partial charge is 0.378 e. The monoisotopic (exact) mass is 292 g/mol. The lowest BCUT2D eigenvalue weighted by Gasteiger charge is -2.16. The van der Waals surface area contributed by atoms with Crippen LogP contribution in [0.5, 0.6) is 5.75 Å². The van der Waals surface area contributed by atoms with Crippen LogP contribution in [-0.4, -0.2) is 18.0 Å². The molecule has 0 saturated heterocycles. The highest BCUT2D eigenvalue weighted by atomic mass is 32.2. The van der Waals surface area contributed by atoms with Crippen LogP contribution in [0.15, 0.2) is 35.7 Å². The van der Waals surface area contributed by atoms with Crippen molar-refractivity contribution in [3.8, 4) is 5.75 Å². The fourth-order valence-corrected chi connectivity index (χ4v) is 3.55. The van der Waals surface area contributed by atoms with Crippen molar-refractivity contribution in [2.75, 3.05) is 0 Å². The molecule has 0 unspecified atom stereocenters. The molecular formula is C14H16N2O3S. The third-order valence-electron chi connectivity index (χ3n) is 3.55. The van der Waals surface area contributed by atoms with E-state index in [1.807, 2.05) is 12.1 Å². The Morgan fingerprint density at radius 2 is 1.95 bits per heavy atom. The first-order valence-corrected chi connectivity index (χ1v) is 8.00. The Hall–Kier alpha value is -1.82. The van der Waals surface area contributed by atoms with Gasteiger partial charge in [0.05, 0.1) is 12.5 Å². The van der Waals surface area contributed by atoms with Crippen molar-refractivity contribution in [2.45, 2.75) is 30.7 Å². The fraction of sp³-hybridized carbons (Fsp3) is 0.357. The molecular weight excluding hydrogens is 276 g/mol. The van der Waals surface area contributed by atoms with E-state index in [9.17, 15) is 8.42 Å². The zero-order valence-electron chi connectivity index (χ0n) is 11.2. The van der Waals surface area contributed by atoms with E-state index in [1.165, 1.54) is 34.6 Å². The van der Waals surface area contributed by atoms with Gasteiger partial charge in [-0.1, -0.05) is 6.07 Å². The standard InChI is InChI=1S/C14H16N2O3S/c1-16-10-15-9-14(16)20(17,18)19-13-7-6-11-4-2-3-5-12(11)8-13/h6-10H,2-5H2,1H3. The summed E-state index contributed by atoms with van der Waals surface area (Å²) in [5.41, 5.74) is 2.48. The summed E-state index contributed by atoms with van der Waals surface area (Å²) in [4.78, 5) is 3.80. The fourth-order valence-electron chi connectivity index (χ4n) is 2.52. The number of fused-ring (bicyclic) bond motifs is 1. The van der Waals surface area contributed by atoms with Gasteiger partial charge < -0.3 is 8.75 Å². The van der Waals surface area contributed by atoms with Crippen molar-refractivity contribution < 1.29 is 12.6 Å². The van der Waals surface area contributed by atoms with Gasteiger partial charge in [0, 0.05) is 7.05 Å². The first-order valence-electron chi connectivity index (χ1n) is 6.59. The molecule has 0 bridgehead atoms. The summed E-state index contributed by atoms with van der Waals surface area (Å²) in [5.74, 6) is 0.367. The van der Waals surface area contributed by atoms with Gasteiger partial charge >= 0.3 is 10.1 Å². The molecule has 20 heavy (non-hydrogen) atoms. The predicted octanol–water partition coefficient (Wildman–Crippen LogP) is 2.07. The molecule has 6 heteroatoms. The number of aryl methyl sites for hydroxylation is 3. The summed E-state index contributed by atoms with van der Waals surface area (Å²) in [6.45, 7) is 0. The lowest BCUT2D eigenvalue weighted by molar-refractivity contribution is 0.477. The summed E-state index contributed by atoms with van der Waals surface area (Å²) in [7, 11) is -2.21. The van der Waals surface area contributed by atoms with Crippen LogP contribution in [0.25, 0.3) is 0 Å². The number of rotatable bonds is 3. The Bertz CT molecular complexity index is 735. The second-order valence-corrected chi connectivity index (χ2v) is 6.51. The number of hydrogen-bond acceptors (Lipinski definition) is 4. The number of nitrogens with zero attached hydrogens (tertiary/aromatic N) is 2. The molecule has 0 spiro atoms. The Balaban J connectivity index is 1.90. The summed E-state index contributed by atoms with van der Waals surface area (Å²) >= 11 is 0. The number of hydrogen-bond donors (Lipinski definition) is 0. The second kappa shape index (κ2) is 4.94. The van der Waals surface area contributed by atoms with Gasteiger partial charge in [0.1, 0.15) is 5.75 Å². The average molecular weight is 292 g/mol. The normalized spacial score (nSPS) is 14.8. The molecule has 1 aromatic heterocycles. The lowest BCUT2D eigenvalue weighted by Crippen LogP contribution is -2.14. The van der Waals surface area contributed by atoms with Crippen LogP contribution in [0, 0.1) is 0 Å². The third-order valence-corrected chi connectivity index (χ3v) is 4.87. The number of benzene rings is 1. The molecule has 0 aliphatic heterocycles. The maximum Gasteiger partial charge on any atom is 0.356 e. The predicted molar refractivity (Wildman–Crippen MR) is 74.1 cm³/mol. The van der Waals surface area contributed by atoms with Gasteiger partial charge in [0.25, 0.3) is 0 Å². The van der Waals surface area contributed by atoms with E-state index in [4.69, 9.17) is 4.18 Å². The van der Waals surface area contributed by atoms with E-state index >= 15 is 0 Å². The molecule has 1 aliphatic carbocycles. The van der Waals surface area contributed by atoms with Gasteiger partial charge in [-0.3, -0.25) is 0 Å². The molecule has 1 aromatic carbocycles. The summed E-state index contributed by atoms with van der Waals surface area (Å²) < 4.78 is 31.0. The van der Waals surface area contributed by atoms with Gasteiger partial charge in [-0.15, -0.1) is 0 Å². The third kappa shape index (κ3) is 2.43. The molecule has 0 N–H and O–H groups in total. The molecule has 0 radical (unpaired) electrons. The van der Waals surface area contributed by atoms with Crippen molar-refractivity contribution >= 4 is 10.1 Å². The molecule has 0 fully saturated rings. The smallest absolute Gasteiger partial charge is 0.356 e. The highest BCUT2D eigenvalue weighted by Gasteiger charge is 2.21. The summed E-state index contributed by atoms with van der Waals surface area (Å²) in [5, 5.41) is 0.0511. The minimum Gasteiger partial charge on any atom is -0.378 e. The topological polar surface area (TPSA) is 61.2 Å². The van der Waals surface area contributed by atoms with E-state index in [0.29, 0.717) is 5.75 Å². The van der Waals surface area contributed by atoms with Gasteiger partial charge in [0.15, 0.2) is 5.03 Å². The maximum atomic E-state index is 12.2. The lowest BCUT2D eigenvalue weighted by atomic mass is 9.92. The van der Waals surface area contributed by atoms with E-state index in [0.717, 1.165) is 19.3 Å². The number of imidazole rings is 1. The Morgan fingerprint density at radius 3 is 2.65 bits per heavy atom. The van der Waals surface area contributed by atoms with Crippen molar-refractivity contribution in [1.82, 2.24) is 9.55 Å². The van der Waals surface area contributed by atoms with E-state index < -0.39 is 10.1 Å². The Morgan fingerprint density at radius 1 is 1.20 bits per heavy atom. The molecule has 0 atom stereocenters. The highest BCUT2D eigenvalue weighted by Crippen LogP contribution is 2.27. The minimum absolute atomic E-state index is 0.0511. The van der Waals surface area contributed by atoms with Crippen LogP contribution >= 0.6 is 0 Å². The van der Waals surface area contributed by atoms with E-state index in [1.54, 1.807) is 13.1 Å². The van der Waals surface area contributed by atoms with Crippen LogP contribution in [0.1, 0.15) is 24.0 Å². The zero-order valence-corrected chi connectivity index (χ0v) is 12.1. The quantitative estimate of drug-likeness (QED) is 0.813. The van der Waals surface area contributed by atoms with Crippen molar-refractivity contribution in [2.24, 2.45) is 7.05 Å². The first-order chi connectivity index (χ1) is 9.56. The zero-order chi connectivity index (χ0) is 14.2. The minimum atomic E-state index is -3.83. The molecule has 1 heterocycles. The van der Waals surface area contributed by atoms with Crippen LogP contribution in [-0.2, 0) is 30.0 Å². The van der Waals surface area contributed by atoms with Crippen molar-refractivity contribution in [1.29, 1.82) is 0 Å². The molecule has 3 rings (SSSR count). The molecule has 0 saturated carbocycles. The van der Waals surface area contributed by atoms with Crippen LogP contribution < -0.4 is 4.18 Å².